The SMILES string of the molecule is CCCCCCCCOC(=O)C1CCCCC1C(=O)OCCCCC(C)C. The number of ether oxygens (including phenoxy) is 2. The van der Waals surface area contributed by atoms with Crippen LogP contribution in [0.5, 0.6) is 0 Å². The van der Waals surface area contributed by atoms with Crippen molar-refractivity contribution < 1.29 is 19.1 Å². The lowest BCUT2D eigenvalue weighted by Crippen LogP contribution is -2.35. The average Bonchev–Trinajstić information content (AvgIpc) is 2.66. The number of unbranched alkanes of at least 4 members (excludes halogenated alkanes) is 6. The van der Waals surface area contributed by atoms with E-state index in [0.29, 0.717) is 19.1 Å². The summed E-state index contributed by atoms with van der Waals surface area (Å²) >= 11 is 0. The van der Waals surface area contributed by atoms with E-state index in [1.807, 2.05) is 0 Å². The van der Waals surface area contributed by atoms with Crippen LogP contribution < -0.4 is 0 Å². The van der Waals surface area contributed by atoms with Gasteiger partial charge in [0.15, 0.2) is 0 Å². The van der Waals surface area contributed by atoms with Crippen LogP contribution in [0.4, 0.5) is 0 Å². The summed E-state index contributed by atoms with van der Waals surface area (Å²) in [6.07, 6.45) is 13.7. The zero-order valence-electron chi connectivity index (χ0n) is 18.0. The molecule has 0 aromatic heterocycles. The fourth-order valence-corrected chi connectivity index (χ4v) is 3.79. The Morgan fingerprint density at radius 1 is 0.778 bits per heavy atom. The molecule has 2 unspecified atom stereocenters. The molecule has 0 amide bonds. The molecule has 4 heteroatoms. The Morgan fingerprint density at radius 2 is 1.26 bits per heavy atom. The molecule has 0 N–H and O–H groups in total. The first-order valence-electron chi connectivity index (χ1n) is 11.4. The van der Waals surface area contributed by atoms with Gasteiger partial charge in [0, 0.05) is 0 Å². The van der Waals surface area contributed by atoms with Crippen LogP contribution in [0.25, 0.3) is 0 Å². The summed E-state index contributed by atoms with van der Waals surface area (Å²) in [5, 5.41) is 0. The Labute approximate surface area is 166 Å². The van der Waals surface area contributed by atoms with Crippen LogP contribution in [0.15, 0.2) is 0 Å². The van der Waals surface area contributed by atoms with Crippen molar-refractivity contribution in [3.63, 3.8) is 0 Å². The molecule has 0 bridgehead atoms. The molecule has 27 heavy (non-hydrogen) atoms. The van der Waals surface area contributed by atoms with Gasteiger partial charge in [-0.05, 0) is 38.0 Å². The summed E-state index contributed by atoms with van der Waals surface area (Å²) in [4.78, 5) is 24.9. The molecule has 0 aliphatic heterocycles. The second-order valence-corrected chi connectivity index (χ2v) is 8.49. The van der Waals surface area contributed by atoms with Gasteiger partial charge in [0.05, 0.1) is 25.0 Å². The molecule has 0 aromatic rings. The number of carbonyl (C=O) groups excluding carboxylic acids is 2. The van der Waals surface area contributed by atoms with E-state index >= 15 is 0 Å². The highest BCUT2D eigenvalue weighted by Gasteiger charge is 2.37. The molecule has 158 valence electrons. The lowest BCUT2D eigenvalue weighted by molar-refractivity contribution is -0.163. The number of rotatable bonds is 14. The van der Waals surface area contributed by atoms with E-state index in [1.54, 1.807) is 0 Å². The molecule has 1 rings (SSSR count). The molecule has 2 atom stereocenters. The summed E-state index contributed by atoms with van der Waals surface area (Å²) in [7, 11) is 0. The van der Waals surface area contributed by atoms with Gasteiger partial charge in [0.1, 0.15) is 0 Å². The molecule has 1 fully saturated rings. The van der Waals surface area contributed by atoms with Crippen LogP contribution >= 0.6 is 0 Å². The predicted octanol–water partition coefficient (Wildman–Crippen LogP) is 6.07. The fourth-order valence-electron chi connectivity index (χ4n) is 3.79. The number of esters is 2. The summed E-state index contributed by atoms with van der Waals surface area (Å²) in [5.41, 5.74) is 0. The molecule has 0 saturated heterocycles. The van der Waals surface area contributed by atoms with Gasteiger partial charge in [-0.3, -0.25) is 9.59 Å². The standard InChI is InChI=1S/C23H42O4/c1-4-5-6-7-8-12-17-26-22(24)20-15-9-10-16-21(20)23(25)27-18-13-11-14-19(2)3/h19-21H,4-18H2,1-3H3. The predicted molar refractivity (Wildman–Crippen MR) is 109 cm³/mol. The zero-order valence-corrected chi connectivity index (χ0v) is 18.0. The summed E-state index contributed by atoms with van der Waals surface area (Å²) in [5.74, 6) is -0.307. The van der Waals surface area contributed by atoms with Crippen molar-refractivity contribution >= 4 is 11.9 Å². The van der Waals surface area contributed by atoms with E-state index in [4.69, 9.17) is 9.47 Å². The van der Waals surface area contributed by atoms with Gasteiger partial charge in [0.2, 0.25) is 0 Å². The molecular weight excluding hydrogens is 340 g/mol. The Kier molecular flexibility index (Phi) is 13.3. The maximum absolute atomic E-state index is 12.5. The Balaban J connectivity index is 2.27. The van der Waals surface area contributed by atoms with E-state index in [9.17, 15) is 9.59 Å². The van der Waals surface area contributed by atoms with Crippen LogP contribution in [0.3, 0.4) is 0 Å². The normalized spacial score (nSPS) is 19.9. The van der Waals surface area contributed by atoms with Crippen LogP contribution in [0.1, 0.15) is 104 Å². The summed E-state index contributed by atoms with van der Waals surface area (Å²) in [6, 6.07) is 0. The van der Waals surface area contributed by atoms with E-state index in [1.165, 1.54) is 25.7 Å². The largest absolute Gasteiger partial charge is 0.465 e. The van der Waals surface area contributed by atoms with Crippen molar-refractivity contribution in [2.75, 3.05) is 13.2 Å². The van der Waals surface area contributed by atoms with Gasteiger partial charge >= 0.3 is 11.9 Å². The van der Waals surface area contributed by atoms with E-state index in [0.717, 1.165) is 57.8 Å². The third kappa shape index (κ3) is 10.8. The molecule has 4 nitrogen and oxygen atoms in total. The number of hydrogen-bond acceptors (Lipinski definition) is 4. The van der Waals surface area contributed by atoms with Gasteiger partial charge in [-0.15, -0.1) is 0 Å². The van der Waals surface area contributed by atoms with Crippen molar-refractivity contribution in [3.8, 4) is 0 Å². The fraction of sp³-hybridized carbons (Fsp3) is 0.913. The lowest BCUT2D eigenvalue weighted by atomic mass is 9.79. The highest BCUT2D eigenvalue weighted by Crippen LogP contribution is 2.32. The van der Waals surface area contributed by atoms with Crippen molar-refractivity contribution in [2.24, 2.45) is 17.8 Å². The highest BCUT2D eigenvalue weighted by molar-refractivity contribution is 5.82. The monoisotopic (exact) mass is 382 g/mol. The average molecular weight is 383 g/mol. The first kappa shape index (κ1) is 24.0. The molecule has 0 aromatic carbocycles. The second-order valence-electron chi connectivity index (χ2n) is 8.49. The van der Waals surface area contributed by atoms with Crippen molar-refractivity contribution in [3.05, 3.63) is 0 Å². The Bertz CT molecular complexity index is 405. The van der Waals surface area contributed by atoms with E-state index in [2.05, 4.69) is 20.8 Å². The molecular formula is C23H42O4. The molecule has 0 heterocycles. The van der Waals surface area contributed by atoms with Crippen LogP contribution in [0.2, 0.25) is 0 Å². The minimum Gasteiger partial charge on any atom is -0.465 e. The first-order valence-corrected chi connectivity index (χ1v) is 11.4. The maximum Gasteiger partial charge on any atom is 0.309 e. The van der Waals surface area contributed by atoms with Crippen LogP contribution in [-0.4, -0.2) is 25.2 Å². The lowest BCUT2D eigenvalue weighted by Gasteiger charge is -2.28. The quantitative estimate of drug-likeness (QED) is 0.270. The summed E-state index contributed by atoms with van der Waals surface area (Å²) < 4.78 is 11.0. The van der Waals surface area contributed by atoms with E-state index in [-0.39, 0.29) is 23.8 Å². The van der Waals surface area contributed by atoms with Gasteiger partial charge < -0.3 is 9.47 Å². The molecule has 1 aliphatic carbocycles. The van der Waals surface area contributed by atoms with Gasteiger partial charge in [-0.25, -0.2) is 0 Å². The van der Waals surface area contributed by atoms with Gasteiger partial charge in [-0.1, -0.05) is 72.1 Å². The minimum absolute atomic E-state index is 0.190. The smallest absolute Gasteiger partial charge is 0.309 e. The molecule has 1 aliphatic rings. The molecule has 1 saturated carbocycles. The van der Waals surface area contributed by atoms with Crippen molar-refractivity contribution in [1.29, 1.82) is 0 Å². The topological polar surface area (TPSA) is 52.6 Å². The number of carbonyl (C=O) groups is 2. The molecule has 0 radical (unpaired) electrons. The van der Waals surface area contributed by atoms with Crippen LogP contribution in [-0.2, 0) is 19.1 Å². The van der Waals surface area contributed by atoms with E-state index < -0.39 is 0 Å². The Morgan fingerprint density at radius 3 is 1.78 bits per heavy atom. The summed E-state index contributed by atoms with van der Waals surface area (Å²) in [6.45, 7) is 7.57. The minimum atomic E-state index is -0.305. The van der Waals surface area contributed by atoms with Gasteiger partial charge in [-0.2, -0.15) is 0 Å². The highest BCUT2D eigenvalue weighted by atomic mass is 16.5. The third-order valence-corrected chi connectivity index (χ3v) is 5.53. The first-order chi connectivity index (χ1) is 13.1. The third-order valence-electron chi connectivity index (χ3n) is 5.53. The Hall–Kier alpha value is -1.06. The van der Waals surface area contributed by atoms with Crippen molar-refractivity contribution in [2.45, 2.75) is 104 Å². The van der Waals surface area contributed by atoms with Crippen LogP contribution in [0, 0.1) is 17.8 Å². The zero-order chi connectivity index (χ0) is 19.9. The van der Waals surface area contributed by atoms with Crippen molar-refractivity contribution in [1.82, 2.24) is 0 Å². The molecule has 0 spiro atoms. The van der Waals surface area contributed by atoms with Gasteiger partial charge in [0.25, 0.3) is 0 Å². The maximum atomic E-state index is 12.5. The second kappa shape index (κ2) is 14.9. The number of hydrogen-bond donors (Lipinski definition) is 0.